The maximum atomic E-state index is 5.82. The van der Waals surface area contributed by atoms with Gasteiger partial charge in [0.1, 0.15) is 11.5 Å². The Kier molecular flexibility index (Phi) is 3.75. The summed E-state index contributed by atoms with van der Waals surface area (Å²) in [5.74, 6) is 3.38. The van der Waals surface area contributed by atoms with Gasteiger partial charge < -0.3 is 10.1 Å². The Morgan fingerprint density at radius 2 is 1.60 bits per heavy atom. The summed E-state index contributed by atoms with van der Waals surface area (Å²) < 4.78 is 5.82. The first-order chi connectivity index (χ1) is 9.78. The van der Waals surface area contributed by atoms with Crippen LogP contribution in [0.4, 0.5) is 0 Å². The van der Waals surface area contributed by atoms with E-state index in [1.807, 2.05) is 37.4 Å². The fourth-order valence-corrected chi connectivity index (χ4v) is 2.81. The van der Waals surface area contributed by atoms with E-state index < -0.39 is 0 Å². The summed E-state index contributed by atoms with van der Waals surface area (Å²) in [5, 5.41) is 3.44. The molecule has 1 aliphatic rings. The van der Waals surface area contributed by atoms with Gasteiger partial charge in [0.05, 0.1) is 0 Å². The molecule has 0 saturated heterocycles. The minimum absolute atomic E-state index is 0.468. The van der Waals surface area contributed by atoms with Crippen LogP contribution in [0.1, 0.15) is 24.9 Å². The average Bonchev–Trinajstić information content (AvgIpc) is 3.19. The van der Waals surface area contributed by atoms with Crippen molar-refractivity contribution in [2.75, 3.05) is 7.05 Å². The van der Waals surface area contributed by atoms with Gasteiger partial charge in [-0.2, -0.15) is 0 Å². The molecule has 2 aromatic carbocycles. The second-order valence-electron chi connectivity index (χ2n) is 5.63. The highest BCUT2D eigenvalue weighted by Gasteiger charge is 2.39. The normalized spacial score (nSPS) is 22.3. The molecule has 1 N–H and O–H groups in total. The molecule has 3 unspecified atom stereocenters. The van der Waals surface area contributed by atoms with Crippen LogP contribution in [0.2, 0.25) is 0 Å². The summed E-state index contributed by atoms with van der Waals surface area (Å²) >= 11 is 0. The number of hydrogen-bond acceptors (Lipinski definition) is 2. The van der Waals surface area contributed by atoms with Gasteiger partial charge in [-0.3, -0.25) is 0 Å². The van der Waals surface area contributed by atoms with Crippen LogP contribution >= 0.6 is 0 Å². The summed E-state index contributed by atoms with van der Waals surface area (Å²) in [6, 6.07) is 18.8. The van der Waals surface area contributed by atoms with Crippen LogP contribution in [0.15, 0.2) is 54.6 Å². The number of benzene rings is 2. The predicted molar refractivity (Wildman–Crippen MR) is 82.0 cm³/mol. The Bertz CT molecular complexity index is 549. The monoisotopic (exact) mass is 267 g/mol. The molecule has 20 heavy (non-hydrogen) atoms. The molecule has 3 rings (SSSR count). The average molecular weight is 267 g/mol. The Morgan fingerprint density at radius 3 is 2.15 bits per heavy atom. The Morgan fingerprint density at radius 1 is 1.00 bits per heavy atom. The van der Waals surface area contributed by atoms with E-state index in [2.05, 4.69) is 36.5 Å². The maximum absolute atomic E-state index is 5.82. The van der Waals surface area contributed by atoms with Crippen molar-refractivity contribution in [1.29, 1.82) is 0 Å². The molecular weight excluding hydrogens is 246 g/mol. The minimum Gasteiger partial charge on any atom is -0.457 e. The van der Waals surface area contributed by atoms with Gasteiger partial charge in [0, 0.05) is 6.04 Å². The van der Waals surface area contributed by atoms with E-state index >= 15 is 0 Å². The van der Waals surface area contributed by atoms with Gasteiger partial charge in [-0.05, 0) is 55.1 Å². The van der Waals surface area contributed by atoms with Gasteiger partial charge in [0.25, 0.3) is 0 Å². The third kappa shape index (κ3) is 2.86. The molecule has 3 atom stereocenters. The number of nitrogens with one attached hydrogen (secondary N) is 1. The molecule has 0 spiro atoms. The van der Waals surface area contributed by atoms with Gasteiger partial charge in [-0.25, -0.2) is 0 Å². The molecule has 1 saturated carbocycles. The number of hydrogen-bond donors (Lipinski definition) is 1. The van der Waals surface area contributed by atoms with Crippen LogP contribution < -0.4 is 10.1 Å². The van der Waals surface area contributed by atoms with E-state index in [0.29, 0.717) is 6.04 Å². The van der Waals surface area contributed by atoms with Crippen molar-refractivity contribution >= 4 is 0 Å². The lowest BCUT2D eigenvalue weighted by Gasteiger charge is -2.17. The summed E-state index contributed by atoms with van der Waals surface area (Å²) in [6.45, 7) is 2.32. The Labute approximate surface area is 120 Å². The molecular formula is C18H21NO. The first-order valence-electron chi connectivity index (χ1n) is 7.28. The molecule has 2 heteroatoms. The van der Waals surface area contributed by atoms with Crippen molar-refractivity contribution in [3.8, 4) is 11.5 Å². The lowest BCUT2D eigenvalue weighted by molar-refractivity contribution is 0.479. The third-order valence-electron chi connectivity index (χ3n) is 4.13. The van der Waals surface area contributed by atoms with E-state index in [1.54, 1.807) is 0 Å². The highest BCUT2D eigenvalue weighted by Crippen LogP contribution is 2.46. The van der Waals surface area contributed by atoms with Crippen molar-refractivity contribution in [1.82, 2.24) is 5.32 Å². The van der Waals surface area contributed by atoms with Crippen molar-refractivity contribution in [2.45, 2.75) is 19.4 Å². The van der Waals surface area contributed by atoms with Crippen molar-refractivity contribution in [2.24, 2.45) is 11.8 Å². The molecule has 0 aliphatic heterocycles. The summed E-state index contributed by atoms with van der Waals surface area (Å²) in [6.07, 6.45) is 1.33. The van der Waals surface area contributed by atoms with E-state index in [0.717, 1.165) is 23.3 Å². The fourth-order valence-electron chi connectivity index (χ4n) is 2.81. The SMILES string of the molecule is CNC(c1ccc(Oc2ccccc2)cc1)C1CC1C. The highest BCUT2D eigenvalue weighted by atomic mass is 16.5. The lowest BCUT2D eigenvalue weighted by atomic mass is 10.0. The molecule has 2 nitrogen and oxygen atoms in total. The molecule has 0 radical (unpaired) electrons. The molecule has 0 bridgehead atoms. The first kappa shape index (κ1) is 13.2. The summed E-state index contributed by atoms with van der Waals surface area (Å²) in [7, 11) is 2.05. The zero-order valence-corrected chi connectivity index (χ0v) is 12.0. The van der Waals surface area contributed by atoms with Crippen LogP contribution in [0.25, 0.3) is 0 Å². The van der Waals surface area contributed by atoms with Crippen LogP contribution in [0.5, 0.6) is 11.5 Å². The topological polar surface area (TPSA) is 21.3 Å². The van der Waals surface area contributed by atoms with Gasteiger partial charge in [-0.1, -0.05) is 37.3 Å². The zero-order chi connectivity index (χ0) is 13.9. The highest BCUT2D eigenvalue weighted by molar-refractivity contribution is 5.34. The van der Waals surface area contributed by atoms with E-state index in [1.165, 1.54) is 12.0 Å². The largest absolute Gasteiger partial charge is 0.457 e. The number of rotatable bonds is 5. The fraction of sp³-hybridized carbons (Fsp3) is 0.333. The molecule has 1 fully saturated rings. The van der Waals surface area contributed by atoms with Gasteiger partial charge >= 0.3 is 0 Å². The van der Waals surface area contributed by atoms with Gasteiger partial charge in [-0.15, -0.1) is 0 Å². The van der Waals surface area contributed by atoms with E-state index in [4.69, 9.17) is 4.74 Å². The maximum Gasteiger partial charge on any atom is 0.127 e. The lowest BCUT2D eigenvalue weighted by Crippen LogP contribution is -2.18. The quantitative estimate of drug-likeness (QED) is 0.867. The first-order valence-corrected chi connectivity index (χ1v) is 7.28. The van der Waals surface area contributed by atoms with Gasteiger partial charge in [0.2, 0.25) is 0 Å². The summed E-state index contributed by atoms with van der Waals surface area (Å²) in [4.78, 5) is 0. The molecule has 0 heterocycles. The van der Waals surface area contributed by atoms with Crippen molar-refractivity contribution in [3.05, 3.63) is 60.2 Å². The zero-order valence-electron chi connectivity index (χ0n) is 12.0. The van der Waals surface area contributed by atoms with E-state index in [-0.39, 0.29) is 0 Å². The van der Waals surface area contributed by atoms with Crippen LogP contribution in [-0.4, -0.2) is 7.05 Å². The van der Waals surface area contributed by atoms with Crippen molar-refractivity contribution in [3.63, 3.8) is 0 Å². The second-order valence-corrected chi connectivity index (χ2v) is 5.63. The smallest absolute Gasteiger partial charge is 0.127 e. The Balaban J connectivity index is 1.71. The van der Waals surface area contributed by atoms with Crippen LogP contribution in [-0.2, 0) is 0 Å². The number of ether oxygens (including phenoxy) is 1. The van der Waals surface area contributed by atoms with Gasteiger partial charge in [0.15, 0.2) is 0 Å². The molecule has 104 valence electrons. The predicted octanol–water partition coefficient (Wildman–Crippen LogP) is 4.40. The molecule has 2 aromatic rings. The molecule has 1 aliphatic carbocycles. The number of para-hydroxylation sites is 1. The van der Waals surface area contributed by atoms with Crippen LogP contribution in [0, 0.1) is 11.8 Å². The minimum atomic E-state index is 0.468. The Hall–Kier alpha value is -1.80. The second kappa shape index (κ2) is 5.68. The third-order valence-corrected chi connectivity index (χ3v) is 4.13. The summed E-state index contributed by atoms with van der Waals surface area (Å²) in [5.41, 5.74) is 1.35. The van der Waals surface area contributed by atoms with E-state index in [9.17, 15) is 0 Å². The van der Waals surface area contributed by atoms with Crippen LogP contribution in [0.3, 0.4) is 0 Å². The molecule has 0 aromatic heterocycles. The molecule has 0 amide bonds. The standard InChI is InChI=1S/C18H21NO/c1-13-12-17(13)18(19-2)14-8-10-16(11-9-14)20-15-6-4-3-5-7-15/h3-11,13,17-19H,12H2,1-2H3. The van der Waals surface area contributed by atoms with Crippen molar-refractivity contribution < 1.29 is 4.74 Å².